The number of halogens is 1. The van der Waals surface area contributed by atoms with Crippen molar-refractivity contribution in [3.8, 4) is 0 Å². The highest BCUT2D eigenvalue weighted by Crippen LogP contribution is 2.42. The molecule has 0 bridgehead atoms. The van der Waals surface area contributed by atoms with Crippen molar-refractivity contribution < 1.29 is 14.6 Å². The van der Waals surface area contributed by atoms with Gasteiger partial charge in [0, 0.05) is 17.7 Å². The van der Waals surface area contributed by atoms with Gasteiger partial charge in [0.15, 0.2) is 0 Å². The molecule has 1 aliphatic carbocycles. The summed E-state index contributed by atoms with van der Waals surface area (Å²) in [6.45, 7) is 1.72. The molecule has 1 aromatic heterocycles. The number of anilines is 1. The quantitative estimate of drug-likeness (QED) is 0.832. The number of ether oxygens (including phenoxy) is 1. The molecule has 108 valence electrons. The van der Waals surface area contributed by atoms with E-state index in [9.17, 15) is 4.79 Å². The topological polar surface area (TPSA) is 84.3 Å². The lowest BCUT2D eigenvalue weighted by Gasteiger charge is -2.46. The number of hydrogen-bond acceptors (Lipinski definition) is 5. The summed E-state index contributed by atoms with van der Waals surface area (Å²) in [5.41, 5.74) is 0.429. The first-order chi connectivity index (χ1) is 9.58. The Kier molecular flexibility index (Phi) is 3.52. The van der Waals surface area contributed by atoms with E-state index in [4.69, 9.17) is 21.4 Å². The van der Waals surface area contributed by atoms with E-state index >= 15 is 0 Å². The van der Waals surface area contributed by atoms with E-state index in [1.54, 1.807) is 0 Å². The smallest absolute Gasteiger partial charge is 0.341 e. The largest absolute Gasteiger partial charge is 0.477 e. The van der Waals surface area contributed by atoms with Gasteiger partial charge < -0.3 is 15.2 Å². The maximum Gasteiger partial charge on any atom is 0.341 e. The lowest BCUT2D eigenvalue weighted by molar-refractivity contribution is -0.131. The van der Waals surface area contributed by atoms with Gasteiger partial charge in [-0.25, -0.2) is 9.78 Å². The standard InChI is InChI=1S/C13H16ClN3O3/c14-12-15-5-9(11(18)19)10(17-12)16-8-1-3-13(4-2-8)6-20-7-13/h5,8H,1-4,6-7H2,(H,18,19)(H,15,16,17). The van der Waals surface area contributed by atoms with E-state index < -0.39 is 5.97 Å². The SMILES string of the molecule is O=C(O)c1cnc(Cl)nc1NC1CCC2(CC1)COC2. The molecule has 6 nitrogen and oxygen atoms in total. The van der Waals surface area contributed by atoms with Crippen molar-refractivity contribution in [2.45, 2.75) is 31.7 Å². The van der Waals surface area contributed by atoms with Crippen LogP contribution in [0.1, 0.15) is 36.0 Å². The van der Waals surface area contributed by atoms with E-state index in [-0.39, 0.29) is 16.9 Å². The Morgan fingerprint density at radius 1 is 1.45 bits per heavy atom. The molecule has 0 aromatic carbocycles. The Labute approximate surface area is 121 Å². The molecule has 0 radical (unpaired) electrons. The molecule has 2 aliphatic rings. The first kappa shape index (κ1) is 13.6. The highest BCUT2D eigenvalue weighted by atomic mass is 35.5. The number of carboxylic acid groups (broad SMARTS) is 1. The summed E-state index contributed by atoms with van der Waals surface area (Å²) in [6, 6.07) is 0.227. The van der Waals surface area contributed by atoms with Gasteiger partial charge in [-0.3, -0.25) is 0 Å². The van der Waals surface area contributed by atoms with Gasteiger partial charge in [-0.05, 0) is 37.3 Å². The normalized spacial score (nSPS) is 21.4. The van der Waals surface area contributed by atoms with Crippen molar-refractivity contribution in [1.29, 1.82) is 0 Å². The number of nitrogens with one attached hydrogen (secondary N) is 1. The molecule has 2 heterocycles. The van der Waals surface area contributed by atoms with E-state index in [1.165, 1.54) is 6.20 Å². The molecule has 7 heteroatoms. The number of aromatic carboxylic acids is 1. The molecule has 1 aromatic rings. The lowest BCUT2D eigenvalue weighted by Crippen LogP contribution is -2.47. The van der Waals surface area contributed by atoms with Crippen LogP contribution in [0.5, 0.6) is 0 Å². The van der Waals surface area contributed by atoms with Crippen LogP contribution in [0.25, 0.3) is 0 Å². The minimum absolute atomic E-state index is 0.0529. The average molecular weight is 298 g/mol. The second-order valence-corrected chi connectivity index (χ2v) is 5.96. The van der Waals surface area contributed by atoms with Crippen molar-refractivity contribution >= 4 is 23.4 Å². The molecule has 2 fully saturated rings. The number of nitrogens with zero attached hydrogens (tertiary/aromatic N) is 2. The van der Waals surface area contributed by atoms with E-state index in [0.717, 1.165) is 38.9 Å². The van der Waals surface area contributed by atoms with Crippen molar-refractivity contribution in [3.05, 3.63) is 17.0 Å². The first-order valence-electron chi connectivity index (χ1n) is 6.68. The molecule has 0 amide bonds. The average Bonchev–Trinajstić information content (AvgIpc) is 2.37. The highest BCUT2D eigenvalue weighted by Gasteiger charge is 2.41. The molecule has 0 unspecified atom stereocenters. The Bertz CT molecular complexity index is 524. The zero-order chi connectivity index (χ0) is 14.2. The van der Waals surface area contributed by atoms with Gasteiger partial charge in [0.2, 0.25) is 5.28 Å². The molecular formula is C13H16ClN3O3. The number of aromatic nitrogens is 2. The third kappa shape index (κ3) is 2.58. The van der Waals surface area contributed by atoms with Gasteiger partial charge in [-0.2, -0.15) is 4.98 Å². The maximum atomic E-state index is 11.2. The van der Waals surface area contributed by atoms with Crippen molar-refractivity contribution in [2.75, 3.05) is 18.5 Å². The second-order valence-electron chi connectivity index (χ2n) is 5.62. The van der Waals surface area contributed by atoms with Gasteiger partial charge in [0.1, 0.15) is 11.4 Å². The van der Waals surface area contributed by atoms with Crippen molar-refractivity contribution in [2.24, 2.45) is 5.41 Å². The third-order valence-corrected chi connectivity index (χ3v) is 4.38. The monoisotopic (exact) mass is 297 g/mol. The van der Waals surface area contributed by atoms with Crippen LogP contribution in [0.15, 0.2) is 6.20 Å². The fourth-order valence-electron chi connectivity index (χ4n) is 2.87. The Morgan fingerprint density at radius 3 is 2.70 bits per heavy atom. The fraction of sp³-hybridized carbons (Fsp3) is 0.615. The Hall–Kier alpha value is -1.40. The molecule has 3 rings (SSSR count). The molecule has 2 N–H and O–H groups in total. The van der Waals surface area contributed by atoms with Crippen LogP contribution in [-0.2, 0) is 4.74 Å². The van der Waals surface area contributed by atoms with E-state index in [2.05, 4.69) is 15.3 Å². The highest BCUT2D eigenvalue weighted by molar-refractivity contribution is 6.28. The zero-order valence-corrected chi connectivity index (χ0v) is 11.7. The minimum Gasteiger partial charge on any atom is -0.477 e. The van der Waals surface area contributed by atoms with Crippen LogP contribution in [-0.4, -0.2) is 40.3 Å². The number of rotatable bonds is 3. The molecule has 1 aliphatic heterocycles. The summed E-state index contributed by atoms with van der Waals surface area (Å²) in [5, 5.41) is 12.4. The van der Waals surface area contributed by atoms with Crippen LogP contribution in [0.4, 0.5) is 5.82 Å². The summed E-state index contributed by atoms with van der Waals surface area (Å²) in [5.74, 6) is -0.743. The van der Waals surface area contributed by atoms with Crippen molar-refractivity contribution in [1.82, 2.24) is 9.97 Å². The maximum absolute atomic E-state index is 11.2. The third-order valence-electron chi connectivity index (χ3n) is 4.19. The van der Waals surface area contributed by atoms with Crippen LogP contribution < -0.4 is 5.32 Å². The Morgan fingerprint density at radius 2 is 2.15 bits per heavy atom. The number of carbonyl (C=O) groups is 1. The predicted molar refractivity (Wildman–Crippen MR) is 73.1 cm³/mol. The zero-order valence-electron chi connectivity index (χ0n) is 10.9. The summed E-state index contributed by atoms with van der Waals surface area (Å²) in [4.78, 5) is 18.9. The lowest BCUT2D eigenvalue weighted by atomic mass is 9.71. The summed E-state index contributed by atoms with van der Waals surface area (Å²) in [7, 11) is 0. The van der Waals surface area contributed by atoms with Gasteiger partial charge in [0.05, 0.1) is 13.2 Å². The molecule has 20 heavy (non-hydrogen) atoms. The molecule has 1 spiro atoms. The Balaban J connectivity index is 1.69. The summed E-state index contributed by atoms with van der Waals surface area (Å²) >= 11 is 5.74. The van der Waals surface area contributed by atoms with Gasteiger partial charge in [0.25, 0.3) is 0 Å². The van der Waals surface area contributed by atoms with E-state index in [0.29, 0.717) is 11.2 Å². The number of hydrogen-bond donors (Lipinski definition) is 2. The van der Waals surface area contributed by atoms with Crippen LogP contribution in [0.2, 0.25) is 5.28 Å². The predicted octanol–water partition coefficient (Wildman–Crippen LogP) is 2.20. The van der Waals surface area contributed by atoms with Gasteiger partial charge >= 0.3 is 5.97 Å². The molecule has 1 saturated heterocycles. The fourth-order valence-corrected chi connectivity index (χ4v) is 3.01. The van der Waals surface area contributed by atoms with Crippen molar-refractivity contribution in [3.63, 3.8) is 0 Å². The molecular weight excluding hydrogens is 282 g/mol. The first-order valence-corrected chi connectivity index (χ1v) is 7.06. The van der Waals surface area contributed by atoms with Crippen LogP contribution in [0.3, 0.4) is 0 Å². The molecule has 0 atom stereocenters. The van der Waals surface area contributed by atoms with Gasteiger partial charge in [-0.1, -0.05) is 0 Å². The molecule has 1 saturated carbocycles. The minimum atomic E-state index is -1.05. The van der Waals surface area contributed by atoms with Crippen LogP contribution in [0, 0.1) is 5.41 Å². The summed E-state index contributed by atoms with van der Waals surface area (Å²) in [6.07, 6.45) is 5.43. The van der Waals surface area contributed by atoms with Gasteiger partial charge in [-0.15, -0.1) is 0 Å². The summed E-state index contributed by atoms with van der Waals surface area (Å²) < 4.78 is 5.30. The van der Waals surface area contributed by atoms with Crippen LogP contribution >= 0.6 is 11.6 Å². The number of carboxylic acids is 1. The second kappa shape index (κ2) is 5.18. The van der Waals surface area contributed by atoms with E-state index in [1.807, 2.05) is 0 Å².